The molecule has 3 rings (SSSR count). The molecule has 1 aliphatic rings. The zero-order valence-electron chi connectivity index (χ0n) is 17.8. The van der Waals surface area contributed by atoms with Gasteiger partial charge in [0, 0.05) is 37.2 Å². The van der Waals surface area contributed by atoms with Crippen LogP contribution in [0.25, 0.3) is 0 Å². The molecule has 0 aliphatic carbocycles. The highest BCUT2D eigenvalue weighted by molar-refractivity contribution is 7.10. The molecule has 0 saturated heterocycles. The van der Waals surface area contributed by atoms with E-state index in [0.717, 1.165) is 16.9 Å². The summed E-state index contributed by atoms with van der Waals surface area (Å²) in [5.74, 6) is -0.601. The predicted octanol–water partition coefficient (Wildman–Crippen LogP) is 3.61. The van der Waals surface area contributed by atoms with E-state index in [1.54, 1.807) is 29.4 Å². The fourth-order valence-corrected chi connectivity index (χ4v) is 4.67. The van der Waals surface area contributed by atoms with Gasteiger partial charge in [0.25, 0.3) is 5.91 Å². The Labute approximate surface area is 182 Å². The van der Waals surface area contributed by atoms with Gasteiger partial charge in [0.2, 0.25) is 5.91 Å². The van der Waals surface area contributed by atoms with E-state index in [0.29, 0.717) is 31.9 Å². The number of fused-ring (bicyclic) bond motifs is 1. The molecule has 2 amide bonds. The van der Waals surface area contributed by atoms with Gasteiger partial charge in [-0.25, -0.2) is 0 Å². The lowest BCUT2D eigenvalue weighted by molar-refractivity contribution is -0.124. The summed E-state index contributed by atoms with van der Waals surface area (Å²) >= 11 is 1.56. The van der Waals surface area contributed by atoms with Crippen LogP contribution in [0.2, 0.25) is 0 Å². The van der Waals surface area contributed by atoms with E-state index < -0.39 is 5.92 Å². The van der Waals surface area contributed by atoms with Gasteiger partial charge in [-0.2, -0.15) is 0 Å². The van der Waals surface area contributed by atoms with Crippen molar-refractivity contribution in [2.45, 2.75) is 38.3 Å². The van der Waals surface area contributed by atoms with Crippen LogP contribution in [0.3, 0.4) is 0 Å². The third kappa shape index (κ3) is 5.09. The Morgan fingerprint density at radius 2 is 2.00 bits per heavy atom. The first-order valence-corrected chi connectivity index (χ1v) is 11.2. The molecule has 0 radical (unpaired) electrons. The minimum Gasteiger partial charge on any atom is -0.383 e. The quantitative estimate of drug-likeness (QED) is 0.585. The van der Waals surface area contributed by atoms with E-state index in [2.05, 4.69) is 5.32 Å². The van der Waals surface area contributed by atoms with E-state index in [1.807, 2.05) is 49.6 Å². The fraction of sp³-hybridized carbons (Fsp3) is 0.478. The molecule has 2 heterocycles. The van der Waals surface area contributed by atoms with Crippen molar-refractivity contribution in [3.8, 4) is 0 Å². The van der Waals surface area contributed by atoms with Crippen molar-refractivity contribution in [2.75, 3.05) is 33.4 Å². The maximum Gasteiger partial charge on any atom is 0.254 e. The number of hydrogen-bond acceptors (Lipinski definition) is 5. The summed E-state index contributed by atoms with van der Waals surface area (Å²) < 4.78 is 10.8. The summed E-state index contributed by atoms with van der Waals surface area (Å²) in [6, 6.07) is 11.0. The van der Waals surface area contributed by atoms with Gasteiger partial charge >= 0.3 is 0 Å². The lowest BCUT2D eigenvalue weighted by Crippen LogP contribution is -2.48. The number of nitrogens with zero attached hydrogens (tertiary/aromatic N) is 1. The number of hydrogen-bond donors (Lipinski definition) is 1. The summed E-state index contributed by atoms with van der Waals surface area (Å²) in [6.07, 6.45) is 0.920. The van der Waals surface area contributed by atoms with Crippen LogP contribution in [0.1, 0.15) is 53.0 Å². The molecule has 1 aromatic carbocycles. The normalized spacial score (nSPS) is 18.5. The van der Waals surface area contributed by atoms with Gasteiger partial charge in [0.1, 0.15) is 0 Å². The van der Waals surface area contributed by atoms with Crippen LogP contribution in [0.5, 0.6) is 0 Å². The molecule has 6 nitrogen and oxygen atoms in total. The molecular weight excluding hydrogens is 400 g/mol. The number of methoxy groups -OCH3 is 1. The molecular formula is C23H30N2O4S. The lowest BCUT2D eigenvalue weighted by Gasteiger charge is -2.41. The van der Waals surface area contributed by atoms with E-state index in [9.17, 15) is 9.59 Å². The summed E-state index contributed by atoms with van der Waals surface area (Å²) in [4.78, 5) is 29.4. The highest BCUT2D eigenvalue weighted by Gasteiger charge is 2.44. The molecule has 1 aromatic heterocycles. The Hall–Kier alpha value is -2.22. The number of rotatable bonds is 10. The van der Waals surface area contributed by atoms with Crippen molar-refractivity contribution in [1.82, 2.24) is 10.2 Å². The highest BCUT2D eigenvalue weighted by Crippen LogP contribution is 2.44. The fourth-order valence-electron chi connectivity index (χ4n) is 3.80. The number of thiophene rings is 1. The van der Waals surface area contributed by atoms with Crippen LogP contribution >= 0.6 is 11.3 Å². The van der Waals surface area contributed by atoms with Crippen LogP contribution in [-0.2, 0) is 14.3 Å². The highest BCUT2D eigenvalue weighted by atomic mass is 32.1. The van der Waals surface area contributed by atoms with Crippen LogP contribution in [0.4, 0.5) is 0 Å². The van der Waals surface area contributed by atoms with Gasteiger partial charge in [-0.3, -0.25) is 9.59 Å². The maximum atomic E-state index is 13.4. The third-order valence-electron chi connectivity index (χ3n) is 5.16. The van der Waals surface area contributed by atoms with Crippen molar-refractivity contribution < 1.29 is 19.1 Å². The first-order valence-electron chi connectivity index (χ1n) is 10.4. The SMILES string of the molecule is COCCN1C(=O)c2ccccc2[C@H](C(=O)NCCCOC(C)C)[C@@H]1c1cccs1. The van der Waals surface area contributed by atoms with Crippen molar-refractivity contribution >= 4 is 23.2 Å². The number of ether oxygens (including phenoxy) is 2. The van der Waals surface area contributed by atoms with E-state index >= 15 is 0 Å². The molecule has 0 unspecified atom stereocenters. The van der Waals surface area contributed by atoms with E-state index in [1.165, 1.54) is 0 Å². The molecule has 2 atom stereocenters. The van der Waals surface area contributed by atoms with Crippen LogP contribution in [-0.4, -0.2) is 56.2 Å². The average Bonchev–Trinajstić information content (AvgIpc) is 3.26. The topological polar surface area (TPSA) is 67.9 Å². The number of carbonyl (C=O) groups excluding carboxylic acids is 2. The number of amides is 2. The maximum absolute atomic E-state index is 13.4. The van der Waals surface area contributed by atoms with Crippen LogP contribution in [0, 0.1) is 0 Å². The monoisotopic (exact) mass is 430 g/mol. The molecule has 0 bridgehead atoms. The van der Waals surface area contributed by atoms with Gasteiger partial charge in [-0.05, 0) is 43.3 Å². The lowest BCUT2D eigenvalue weighted by atomic mass is 9.81. The minimum absolute atomic E-state index is 0.0598. The summed E-state index contributed by atoms with van der Waals surface area (Å²) in [6.45, 7) is 5.97. The van der Waals surface area contributed by atoms with Gasteiger partial charge in [-0.1, -0.05) is 24.3 Å². The molecule has 0 saturated carbocycles. The van der Waals surface area contributed by atoms with Crippen LogP contribution < -0.4 is 5.32 Å². The molecule has 1 aliphatic heterocycles. The van der Waals surface area contributed by atoms with Crippen LogP contribution in [0.15, 0.2) is 41.8 Å². The van der Waals surface area contributed by atoms with Gasteiger partial charge in [0.15, 0.2) is 0 Å². The van der Waals surface area contributed by atoms with Gasteiger partial charge in [-0.15, -0.1) is 11.3 Å². The Balaban J connectivity index is 1.89. The molecule has 30 heavy (non-hydrogen) atoms. The number of carbonyl (C=O) groups is 2. The van der Waals surface area contributed by atoms with Crippen molar-refractivity contribution in [2.24, 2.45) is 0 Å². The zero-order valence-corrected chi connectivity index (χ0v) is 18.6. The zero-order chi connectivity index (χ0) is 21.5. The molecule has 0 spiro atoms. The first-order chi connectivity index (χ1) is 14.5. The number of nitrogens with one attached hydrogen (secondary N) is 1. The predicted molar refractivity (Wildman–Crippen MR) is 118 cm³/mol. The summed E-state index contributed by atoms with van der Waals surface area (Å²) in [7, 11) is 1.62. The minimum atomic E-state index is -0.472. The Bertz CT molecular complexity index is 837. The Kier molecular flexibility index (Phi) is 8.01. The molecule has 2 aromatic rings. The smallest absolute Gasteiger partial charge is 0.254 e. The standard InChI is InChI=1S/C23H30N2O4S/c1-16(2)29-13-7-11-24-22(26)20-17-8-4-5-9-18(17)23(27)25(12-14-28-3)21(20)19-10-6-15-30-19/h4-6,8-10,15-16,20-21H,7,11-14H2,1-3H3,(H,24,26)/t20-,21-/m0/s1. The van der Waals surface area contributed by atoms with E-state index in [-0.39, 0.29) is 24.0 Å². The molecule has 162 valence electrons. The second-order valence-electron chi connectivity index (χ2n) is 7.58. The second kappa shape index (κ2) is 10.7. The Morgan fingerprint density at radius 3 is 2.70 bits per heavy atom. The van der Waals surface area contributed by atoms with Gasteiger partial charge in [0.05, 0.1) is 24.7 Å². The Morgan fingerprint density at radius 1 is 1.20 bits per heavy atom. The first kappa shape index (κ1) is 22.5. The third-order valence-corrected chi connectivity index (χ3v) is 6.11. The van der Waals surface area contributed by atoms with Gasteiger partial charge < -0.3 is 19.7 Å². The van der Waals surface area contributed by atoms with Crippen molar-refractivity contribution in [3.63, 3.8) is 0 Å². The number of benzene rings is 1. The largest absolute Gasteiger partial charge is 0.383 e. The molecule has 7 heteroatoms. The summed E-state index contributed by atoms with van der Waals surface area (Å²) in [5.41, 5.74) is 1.37. The van der Waals surface area contributed by atoms with Crippen molar-refractivity contribution in [1.29, 1.82) is 0 Å². The molecule has 0 fully saturated rings. The second-order valence-corrected chi connectivity index (χ2v) is 8.56. The van der Waals surface area contributed by atoms with Crippen molar-refractivity contribution in [3.05, 3.63) is 57.8 Å². The average molecular weight is 431 g/mol. The molecule has 1 N–H and O–H groups in total. The van der Waals surface area contributed by atoms with E-state index in [4.69, 9.17) is 9.47 Å². The summed E-state index contributed by atoms with van der Waals surface area (Å²) in [5, 5.41) is 5.05.